The van der Waals surface area contributed by atoms with Crippen molar-refractivity contribution in [3.05, 3.63) is 27.7 Å². The zero-order valence-corrected chi connectivity index (χ0v) is 8.54. The second kappa shape index (κ2) is 2.69. The van der Waals surface area contributed by atoms with Crippen molar-refractivity contribution < 1.29 is 4.39 Å². The molecule has 12 heavy (non-hydrogen) atoms. The van der Waals surface area contributed by atoms with Crippen LogP contribution in [0.4, 0.5) is 4.39 Å². The SMILES string of the molecule is Cn1nc(I)c2c(F)cccc21. The van der Waals surface area contributed by atoms with Gasteiger partial charge in [-0.15, -0.1) is 0 Å². The third-order valence-corrected chi connectivity index (χ3v) is 2.54. The van der Waals surface area contributed by atoms with Crippen LogP contribution < -0.4 is 0 Å². The van der Waals surface area contributed by atoms with Crippen molar-refractivity contribution in [2.24, 2.45) is 7.05 Å². The van der Waals surface area contributed by atoms with E-state index in [4.69, 9.17) is 0 Å². The van der Waals surface area contributed by atoms with Crippen LogP contribution in [0.5, 0.6) is 0 Å². The van der Waals surface area contributed by atoms with Crippen LogP contribution in [0.15, 0.2) is 18.2 Å². The van der Waals surface area contributed by atoms with Crippen LogP contribution in [0.3, 0.4) is 0 Å². The summed E-state index contributed by atoms with van der Waals surface area (Å²) in [6.07, 6.45) is 0. The number of rotatable bonds is 0. The van der Waals surface area contributed by atoms with Crippen molar-refractivity contribution >= 4 is 33.5 Å². The van der Waals surface area contributed by atoms with E-state index in [0.29, 0.717) is 9.09 Å². The summed E-state index contributed by atoms with van der Waals surface area (Å²) in [5.41, 5.74) is 0.833. The van der Waals surface area contributed by atoms with E-state index in [2.05, 4.69) is 5.10 Å². The van der Waals surface area contributed by atoms with Crippen molar-refractivity contribution in [1.29, 1.82) is 0 Å². The van der Waals surface area contributed by atoms with E-state index < -0.39 is 0 Å². The molecule has 0 N–H and O–H groups in total. The maximum atomic E-state index is 13.2. The van der Waals surface area contributed by atoms with Gasteiger partial charge in [-0.3, -0.25) is 4.68 Å². The van der Waals surface area contributed by atoms with Gasteiger partial charge in [-0.1, -0.05) is 6.07 Å². The molecule has 4 heteroatoms. The van der Waals surface area contributed by atoms with Gasteiger partial charge in [0, 0.05) is 7.05 Å². The van der Waals surface area contributed by atoms with Crippen LogP contribution >= 0.6 is 22.6 Å². The molecule has 0 fully saturated rings. The van der Waals surface area contributed by atoms with E-state index >= 15 is 0 Å². The lowest BCUT2D eigenvalue weighted by atomic mass is 10.2. The second-order valence-electron chi connectivity index (χ2n) is 2.55. The summed E-state index contributed by atoms with van der Waals surface area (Å²) in [4.78, 5) is 0. The van der Waals surface area contributed by atoms with Crippen molar-refractivity contribution in [2.45, 2.75) is 0 Å². The number of aromatic nitrogens is 2. The van der Waals surface area contributed by atoms with Gasteiger partial charge in [-0.05, 0) is 34.7 Å². The van der Waals surface area contributed by atoms with Crippen LogP contribution in [0.2, 0.25) is 0 Å². The molecule has 0 aliphatic heterocycles. The normalized spacial score (nSPS) is 10.9. The van der Waals surface area contributed by atoms with Gasteiger partial charge < -0.3 is 0 Å². The van der Waals surface area contributed by atoms with Gasteiger partial charge in [-0.25, -0.2) is 4.39 Å². The monoisotopic (exact) mass is 276 g/mol. The Morgan fingerprint density at radius 2 is 2.25 bits per heavy atom. The molecule has 0 atom stereocenters. The molecule has 2 nitrogen and oxygen atoms in total. The Kier molecular flexibility index (Phi) is 1.79. The molecule has 62 valence electrons. The summed E-state index contributed by atoms with van der Waals surface area (Å²) in [6.45, 7) is 0. The molecule has 0 radical (unpaired) electrons. The highest BCUT2D eigenvalue weighted by Gasteiger charge is 2.09. The number of nitrogens with zero attached hydrogens (tertiary/aromatic N) is 2. The average Bonchev–Trinajstić information content (AvgIpc) is 2.29. The lowest BCUT2D eigenvalue weighted by molar-refractivity contribution is 0.639. The van der Waals surface area contributed by atoms with Crippen LogP contribution in [0, 0.1) is 9.52 Å². The Bertz CT molecular complexity index is 436. The first-order chi connectivity index (χ1) is 5.70. The fourth-order valence-corrected chi connectivity index (χ4v) is 2.08. The van der Waals surface area contributed by atoms with E-state index in [9.17, 15) is 4.39 Å². The summed E-state index contributed by atoms with van der Waals surface area (Å²) in [5.74, 6) is -0.204. The highest BCUT2D eigenvalue weighted by molar-refractivity contribution is 14.1. The zero-order chi connectivity index (χ0) is 8.72. The van der Waals surface area contributed by atoms with E-state index in [1.165, 1.54) is 6.07 Å². The van der Waals surface area contributed by atoms with Crippen LogP contribution in [-0.4, -0.2) is 9.78 Å². The number of benzene rings is 1. The molecule has 1 aromatic carbocycles. The van der Waals surface area contributed by atoms with Gasteiger partial charge in [0.15, 0.2) is 0 Å². The van der Waals surface area contributed by atoms with Crippen LogP contribution in [-0.2, 0) is 7.05 Å². The molecule has 0 amide bonds. The predicted molar refractivity (Wildman–Crippen MR) is 53.4 cm³/mol. The molecule has 0 bridgehead atoms. The van der Waals surface area contributed by atoms with Crippen molar-refractivity contribution in [1.82, 2.24) is 9.78 Å². The number of halogens is 2. The molecule has 0 spiro atoms. The number of fused-ring (bicyclic) bond motifs is 1. The summed E-state index contributed by atoms with van der Waals surface area (Å²) in [7, 11) is 1.81. The Morgan fingerprint density at radius 1 is 1.50 bits per heavy atom. The summed E-state index contributed by atoms with van der Waals surface area (Å²) in [5, 5.41) is 4.73. The minimum Gasteiger partial charge on any atom is -0.267 e. The number of hydrogen-bond acceptors (Lipinski definition) is 1. The molecule has 1 aromatic heterocycles. The number of aryl methyl sites for hydroxylation is 1. The lowest BCUT2D eigenvalue weighted by Gasteiger charge is -1.92. The highest BCUT2D eigenvalue weighted by atomic mass is 127. The molecule has 2 aromatic rings. The first-order valence-corrected chi connectivity index (χ1v) is 4.55. The van der Waals surface area contributed by atoms with Gasteiger partial charge in [-0.2, -0.15) is 5.10 Å². The van der Waals surface area contributed by atoms with Gasteiger partial charge >= 0.3 is 0 Å². The Morgan fingerprint density at radius 3 is 2.92 bits per heavy atom. The summed E-state index contributed by atoms with van der Waals surface area (Å²) in [6, 6.07) is 5.00. The molecule has 0 aliphatic carbocycles. The van der Waals surface area contributed by atoms with E-state index in [1.807, 2.05) is 35.7 Å². The Labute approximate surface area is 82.5 Å². The van der Waals surface area contributed by atoms with Crippen molar-refractivity contribution in [3.8, 4) is 0 Å². The van der Waals surface area contributed by atoms with E-state index in [0.717, 1.165) is 5.52 Å². The first-order valence-electron chi connectivity index (χ1n) is 3.47. The Hall–Kier alpha value is -0.650. The van der Waals surface area contributed by atoms with Crippen molar-refractivity contribution in [3.63, 3.8) is 0 Å². The van der Waals surface area contributed by atoms with Gasteiger partial charge in [0.25, 0.3) is 0 Å². The molecule has 1 heterocycles. The molecule has 2 rings (SSSR count). The third kappa shape index (κ3) is 1.01. The van der Waals surface area contributed by atoms with E-state index in [1.54, 1.807) is 10.7 Å². The van der Waals surface area contributed by atoms with Crippen molar-refractivity contribution in [2.75, 3.05) is 0 Å². The van der Waals surface area contributed by atoms with Gasteiger partial charge in [0.2, 0.25) is 0 Å². The lowest BCUT2D eigenvalue weighted by Crippen LogP contribution is -1.88. The molecular formula is C8H6FIN2. The first kappa shape index (κ1) is 7.97. The third-order valence-electron chi connectivity index (χ3n) is 1.78. The topological polar surface area (TPSA) is 17.8 Å². The van der Waals surface area contributed by atoms with Gasteiger partial charge in [0.1, 0.15) is 9.52 Å². The predicted octanol–water partition coefficient (Wildman–Crippen LogP) is 2.32. The summed E-state index contributed by atoms with van der Waals surface area (Å²) < 4.78 is 15.6. The molecular weight excluding hydrogens is 270 g/mol. The van der Waals surface area contributed by atoms with Crippen LogP contribution in [0.25, 0.3) is 10.9 Å². The number of hydrogen-bond donors (Lipinski definition) is 0. The molecule has 0 saturated carbocycles. The average molecular weight is 276 g/mol. The standard InChI is InChI=1S/C8H6FIN2/c1-12-6-4-2-3-5(9)7(6)8(10)11-12/h2-4H,1H3. The Balaban J connectivity index is 2.99. The minimum absolute atomic E-state index is 0.204. The molecule has 0 aliphatic rings. The molecule has 0 unspecified atom stereocenters. The smallest absolute Gasteiger partial charge is 0.135 e. The zero-order valence-electron chi connectivity index (χ0n) is 6.38. The summed E-state index contributed by atoms with van der Waals surface area (Å²) >= 11 is 2.03. The maximum Gasteiger partial charge on any atom is 0.135 e. The largest absolute Gasteiger partial charge is 0.267 e. The molecule has 0 saturated heterocycles. The quantitative estimate of drug-likeness (QED) is 0.675. The van der Waals surface area contributed by atoms with E-state index in [-0.39, 0.29) is 5.82 Å². The fourth-order valence-electron chi connectivity index (χ4n) is 1.22. The highest BCUT2D eigenvalue weighted by Crippen LogP contribution is 2.21. The van der Waals surface area contributed by atoms with Crippen LogP contribution in [0.1, 0.15) is 0 Å². The second-order valence-corrected chi connectivity index (χ2v) is 3.57. The fraction of sp³-hybridized carbons (Fsp3) is 0.125. The minimum atomic E-state index is -0.204. The van der Waals surface area contributed by atoms with Gasteiger partial charge in [0.05, 0.1) is 10.9 Å². The maximum absolute atomic E-state index is 13.2.